The number of halogens is 1. The van der Waals surface area contributed by atoms with E-state index in [2.05, 4.69) is 67.8 Å². The summed E-state index contributed by atoms with van der Waals surface area (Å²) in [6.07, 6.45) is 1.88. The van der Waals surface area contributed by atoms with Gasteiger partial charge in [-0.25, -0.2) is 0 Å². The van der Waals surface area contributed by atoms with Gasteiger partial charge in [0.05, 0.1) is 0 Å². The van der Waals surface area contributed by atoms with Gasteiger partial charge in [0.1, 0.15) is 0 Å². The summed E-state index contributed by atoms with van der Waals surface area (Å²) in [7, 11) is 0. The van der Waals surface area contributed by atoms with Crippen LogP contribution in [0, 0.1) is 6.92 Å². The molecule has 0 saturated heterocycles. The Bertz CT molecular complexity index is 823. The molecule has 0 radical (unpaired) electrons. The van der Waals surface area contributed by atoms with Gasteiger partial charge in [-0.05, 0) is 30.7 Å². The van der Waals surface area contributed by atoms with E-state index in [0.29, 0.717) is 6.54 Å². The summed E-state index contributed by atoms with van der Waals surface area (Å²) in [6.45, 7) is 6.67. The lowest BCUT2D eigenvalue weighted by atomic mass is 10.2. The fraction of sp³-hybridized carbons (Fsp3) is 0.176. The minimum Gasteiger partial charge on any atom is -0.298 e. The van der Waals surface area contributed by atoms with Crippen molar-refractivity contribution >= 4 is 39.0 Å². The predicted molar refractivity (Wildman–Crippen MR) is 102 cm³/mol. The number of hydrogen-bond donors (Lipinski definition) is 0. The van der Waals surface area contributed by atoms with E-state index in [9.17, 15) is 0 Å². The van der Waals surface area contributed by atoms with E-state index in [1.807, 2.05) is 18.2 Å². The van der Waals surface area contributed by atoms with Crippen LogP contribution in [-0.4, -0.2) is 14.8 Å². The zero-order chi connectivity index (χ0) is 16.2. The molecule has 0 unspecified atom stereocenters. The number of thiophene rings is 1. The van der Waals surface area contributed by atoms with E-state index in [-0.39, 0.29) is 0 Å². The van der Waals surface area contributed by atoms with Crippen molar-refractivity contribution in [2.24, 2.45) is 0 Å². The molecule has 6 heteroatoms. The standard InChI is InChI=1S/C17H16BrN3S2/c1-3-7-21-16(14-8-12(2)22-11-14)19-20-17(21)23-10-13-5-4-6-15(18)9-13/h3-6,8-9,11H,1,7,10H2,2H3. The number of thioether (sulfide) groups is 1. The van der Waals surface area contributed by atoms with Crippen LogP contribution in [0.1, 0.15) is 10.4 Å². The molecule has 1 aromatic carbocycles. The van der Waals surface area contributed by atoms with Crippen LogP contribution in [0.3, 0.4) is 0 Å². The lowest BCUT2D eigenvalue weighted by molar-refractivity contribution is 0.731. The highest BCUT2D eigenvalue weighted by molar-refractivity contribution is 9.10. The highest BCUT2D eigenvalue weighted by Crippen LogP contribution is 2.29. The molecule has 3 aromatic rings. The number of nitrogens with zero attached hydrogens (tertiary/aromatic N) is 3. The number of allylic oxidation sites excluding steroid dienone is 1. The van der Waals surface area contributed by atoms with Crippen LogP contribution in [0.25, 0.3) is 11.4 Å². The first-order valence-corrected chi connectivity index (χ1v) is 9.80. The van der Waals surface area contributed by atoms with Gasteiger partial charge in [0.15, 0.2) is 11.0 Å². The minimum absolute atomic E-state index is 0.706. The number of benzene rings is 1. The van der Waals surface area contributed by atoms with E-state index < -0.39 is 0 Å². The van der Waals surface area contributed by atoms with E-state index in [4.69, 9.17) is 0 Å². The molecule has 0 spiro atoms. The molecule has 2 aromatic heterocycles. The van der Waals surface area contributed by atoms with Gasteiger partial charge >= 0.3 is 0 Å². The summed E-state index contributed by atoms with van der Waals surface area (Å²) in [6, 6.07) is 10.5. The monoisotopic (exact) mass is 405 g/mol. The van der Waals surface area contributed by atoms with E-state index >= 15 is 0 Å². The number of aromatic nitrogens is 3. The Morgan fingerprint density at radius 3 is 2.91 bits per heavy atom. The van der Waals surface area contributed by atoms with Gasteiger partial charge in [-0.2, -0.15) is 0 Å². The van der Waals surface area contributed by atoms with Crippen molar-refractivity contribution in [3.63, 3.8) is 0 Å². The van der Waals surface area contributed by atoms with Crippen molar-refractivity contribution < 1.29 is 0 Å². The van der Waals surface area contributed by atoms with Gasteiger partial charge in [-0.3, -0.25) is 4.57 Å². The quantitative estimate of drug-likeness (QED) is 0.397. The lowest BCUT2D eigenvalue weighted by Gasteiger charge is -2.07. The van der Waals surface area contributed by atoms with Gasteiger partial charge in [0.25, 0.3) is 0 Å². The van der Waals surface area contributed by atoms with E-state index in [0.717, 1.165) is 26.8 Å². The van der Waals surface area contributed by atoms with Crippen molar-refractivity contribution in [2.75, 3.05) is 0 Å². The second-order valence-electron chi connectivity index (χ2n) is 5.07. The summed E-state index contributed by atoms with van der Waals surface area (Å²) < 4.78 is 3.22. The second-order valence-corrected chi connectivity index (χ2v) is 8.04. The molecule has 3 rings (SSSR count). The fourth-order valence-electron chi connectivity index (χ4n) is 2.24. The highest BCUT2D eigenvalue weighted by atomic mass is 79.9. The summed E-state index contributed by atoms with van der Waals surface area (Å²) in [5, 5.41) is 11.8. The zero-order valence-corrected chi connectivity index (χ0v) is 15.9. The molecule has 0 fully saturated rings. The van der Waals surface area contributed by atoms with Crippen molar-refractivity contribution in [2.45, 2.75) is 24.4 Å². The van der Waals surface area contributed by atoms with Crippen molar-refractivity contribution in [1.29, 1.82) is 0 Å². The van der Waals surface area contributed by atoms with Gasteiger partial charge in [-0.1, -0.05) is 45.9 Å². The third-order valence-corrected chi connectivity index (χ3v) is 5.67. The Morgan fingerprint density at radius 2 is 2.22 bits per heavy atom. The van der Waals surface area contributed by atoms with Crippen molar-refractivity contribution in [3.05, 3.63) is 63.3 Å². The first kappa shape index (κ1) is 16.5. The molecule has 0 bridgehead atoms. The van der Waals surface area contributed by atoms with Crippen LogP contribution in [0.5, 0.6) is 0 Å². The van der Waals surface area contributed by atoms with Crippen molar-refractivity contribution in [3.8, 4) is 11.4 Å². The van der Waals surface area contributed by atoms with Crippen LogP contribution in [0.4, 0.5) is 0 Å². The number of rotatable bonds is 6. The van der Waals surface area contributed by atoms with Crippen LogP contribution in [-0.2, 0) is 12.3 Å². The van der Waals surface area contributed by atoms with E-state index in [1.54, 1.807) is 23.1 Å². The third-order valence-electron chi connectivity index (χ3n) is 3.27. The second kappa shape index (κ2) is 7.47. The summed E-state index contributed by atoms with van der Waals surface area (Å²) in [4.78, 5) is 1.27. The zero-order valence-electron chi connectivity index (χ0n) is 12.7. The summed E-state index contributed by atoms with van der Waals surface area (Å²) in [5.74, 6) is 1.77. The molecule has 0 aliphatic heterocycles. The molecule has 23 heavy (non-hydrogen) atoms. The Hall–Kier alpha value is -1.37. The topological polar surface area (TPSA) is 30.7 Å². The normalized spacial score (nSPS) is 10.9. The predicted octanol–water partition coefficient (Wildman–Crippen LogP) is 5.56. The molecular formula is C17H16BrN3S2. The molecule has 3 nitrogen and oxygen atoms in total. The minimum atomic E-state index is 0.706. The largest absolute Gasteiger partial charge is 0.298 e. The number of hydrogen-bond acceptors (Lipinski definition) is 4. The first-order valence-electron chi connectivity index (χ1n) is 7.14. The average Bonchev–Trinajstić information content (AvgIpc) is 3.12. The van der Waals surface area contributed by atoms with Crippen LogP contribution >= 0.6 is 39.0 Å². The van der Waals surface area contributed by atoms with Gasteiger partial charge < -0.3 is 0 Å². The highest BCUT2D eigenvalue weighted by Gasteiger charge is 2.14. The maximum Gasteiger partial charge on any atom is 0.192 e. The lowest BCUT2D eigenvalue weighted by Crippen LogP contribution is -2.00. The molecule has 2 heterocycles. The SMILES string of the molecule is C=CCn1c(SCc2cccc(Br)c2)nnc1-c1csc(C)c1. The molecule has 0 aliphatic rings. The maximum atomic E-state index is 4.39. The Kier molecular flexibility index (Phi) is 5.35. The van der Waals surface area contributed by atoms with Gasteiger partial charge in [-0.15, -0.1) is 28.1 Å². The Balaban J connectivity index is 1.84. The average molecular weight is 406 g/mol. The maximum absolute atomic E-state index is 4.39. The molecule has 0 amide bonds. The van der Waals surface area contributed by atoms with Crippen LogP contribution < -0.4 is 0 Å². The molecular weight excluding hydrogens is 390 g/mol. The Labute approximate surface area is 152 Å². The van der Waals surface area contributed by atoms with Gasteiger partial charge in [0, 0.05) is 32.6 Å². The van der Waals surface area contributed by atoms with Crippen LogP contribution in [0.2, 0.25) is 0 Å². The smallest absolute Gasteiger partial charge is 0.192 e. The molecule has 0 saturated carbocycles. The molecule has 118 valence electrons. The van der Waals surface area contributed by atoms with E-state index in [1.165, 1.54) is 10.4 Å². The summed E-state index contributed by atoms with van der Waals surface area (Å²) >= 11 is 6.93. The van der Waals surface area contributed by atoms with Crippen LogP contribution in [0.15, 0.2) is 58.0 Å². The third kappa shape index (κ3) is 3.94. The Morgan fingerprint density at radius 1 is 1.35 bits per heavy atom. The molecule has 0 atom stereocenters. The van der Waals surface area contributed by atoms with Gasteiger partial charge in [0.2, 0.25) is 0 Å². The number of aryl methyl sites for hydroxylation is 1. The van der Waals surface area contributed by atoms with Crippen molar-refractivity contribution in [1.82, 2.24) is 14.8 Å². The summed E-state index contributed by atoms with van der Waals surface area (Å²) in [5.41, 5.74) is 2.38. The molecule has 0 N–H and O–H groups in total. The molecule has 0 aliphatic carbocycles. The first-order chi connectivity index (χ1) is 11.2. The fourth-order valence-corrected chi connectivity index (χ4v) is 4.26.